The molecule has 0 amide bonds. The molecule has 44 heavy (non-hydrogen) atoms. The highest BCUT2D eigenvalue weighted by Gasteiger charge is 2.50. The van der Waals surface area contributed by atoms with Gasteiger partial charge in [0.15, 0.2) is 0 Å². The van der Waals surface area contributed by atoms with Crippen molar-refractivity contribution in [1.82, 2.24) is 0 Å². The minimum absolute atomic E-state index is 0.253. The maximum absolute atomic E-state index is 8.64. The number of fused-ring (bicyclic) bond motifs is 9. The first kappa shape index (κ1) is 26.1. The van der Waals surface area contributed by atoms with Crippen molar-refractivity contribution >= 4 is 5.71 Å². The zero-order valence-corrected chi connectivity index (χ0v) is 24.1. The zero-order chi connectivity index (χ0) is 29.7. The zero-order valence-electron chi connectivity index (χ0n) is 24.1. The Morgan fingerprint density at radius 2 is 1.16 bits per heavy atom. The molecule has 1 spiro atoms. The van der Waals surface area contributed by atoms with Gasteiger partial charge in [-0.3, -0.25) is 0 Å². The number of hydrogen-bond donors (Lipinski definition) is 2. The molecule has 0 bridgehead atoms. The Bertz CT molecular complexity index is 2030. The third-order valence-corrected chi connectivity index (χ3v) is 9.03. The second-order valence-electron chi connectivity index (χ2n) is 11.4. The van der Waals surface area contributed by atoms with Gasteiger partial charge in [-0.15, -0.1) is 0 Å². The summed E-state index contributed by atoms with van der Waals surface area (Å²) in [5.74, 6) is 1.76. The van der Waals surface area contributed by atoms with Crippen LogP contribution < -0.4 is 10.5 Å². The van der Waals surface area contributed by atoms with E-state index < -0.39 is 5.41 Å². The summed E-state index contributed by atoms with van der Waals surface area (Å²) in [6, 6.07) is 50.4. The number of benzene rings is 6. The molecule has 2 aliphatic rings. The standard InChI is InChI=1S/C41H30N2O/c42-37(28-10-2-1-3-11-28)23-24-38(43)29-20-18-27(19-21-29)30-22-25-40-36(26-30)41(35-16-8-9-17-39(35)44-40)33-14-6-4-12-31(33)32-13-5-7-15-34(32)41/h1-26,37,43H,42H2/b24-23-,43-38?. The number of rotatable bonds is 5. The van der Waals surface area contributed by atoms with E-state index in [-0.39, 0.29) is 6.04 Å². The summed E-state index contributed by atoms with van der Waals surface area (Å²) in [5.41, 5.74) is 17.7. The smallest absolute Gasteiger partial charge is 0.132 e. The molecule has 6 aromatic rings. The highest BCUT2D eigenvalue weighted by atomic mass is 16.5. The molecule has 0 aromatic heterocycles. The first-order valence-electron chi connectivity index (χ1n) is 14.9. The minimum Gasteiger partial charge on any atom is -0.457 e. The van der Waals surface area contributed by atoms with Crippen LogP contribution in [0.15, 0.2) is 158 Å². The van der Waals surface area contributed by atoms with Gasteiger partial charge in [-0.2, -0.15) is 0 Å². The van der Waals surface area contributed by atoms with Crippen LogP contribution in [0.2, 0.25) is 0 Å². The van der Waals surface area contributed by atoms with Gasteiger partial charge >= 0.3 is 0 Å². The summed E-state index contributed by atoms with van der Waals surface area (Å²) in [5, 5.41) is 8.64. The topological polar surface area (TPSA) is 59.1 Å². The molecule has 210 valence electrons. The molecule has 3 heteroatoms. The van der Waals surface area contributed by atoms with Gasteiger partial charge < -0.3 is 15.9 Å². The van der Waals surface area contributed by atoms with E-state index >= 15 is 0 Å². The molecule has 1 atom stereocenters. The molecular weight excluding hydrogens is 536 g/mol. The molecule has 1 unspecified atom stereocenters. The highest BCUT2D eigenvalue weighted by molar-refractivity contribution is 6.06. The number of hydrogen-bond acceptors (Lipinski definition) is 3. The van der Waals surface area contributed by atoms with Crippen LogP contribution in [-0.4, -0.2) is 5.71 Å². The maximum Gasteiger partial charge on any atom is 0.132 e. The third kappa shape index (κ3) is 3.98. The van der Waals surface area contributed by atoms with E-state index in [1.54, 1.807) is 6.08 Å². The largest absolute Gasteiger partial charge is 0.457 e. The Balaban J connectivity index is 1.20. The Hall–Kier alpha value is -5.51. The number of para-hydroxylation sites is 1. The lowest BCUT2D eigenvalue weighted by molar-refractivity contribution is 0.436. The third-order valence-electron chi connectivity index (χ3n) is 9.03. The second-order valence-corrected chi connectivity index (χ2v) is 11.4. The Labute approximate surface area is 257 Å². The average Bonchev–Trinajstić information content (AvgIpc) is 3.38. The van der Waals surface area contributed by atoms with Crippen LogP contribution in [0.4, 0.5) is 0 Å². The van der Waals surface area contributed by atoms with E-state index in [0.29, 0.717) is 5.71 Å². The minimum atomic E-state index is -0.488. The SMILES string of the molecule is N=C(/C=C\C(N)c1ccccc1)c1ccc(-c2ccc3c(c2)C2(c4ccccc4O3)c3ccccc3-c3ccccc32)cc1. The predicted molar refractivity (Wildman–Crippen MR) is 179 cm³/mol. The van der Waals surface area contributed by atoms with Crippen LogP contribution in [0, 0.1) is 5.41 Å². The monoisotopic (exact) mass is 566 g/mol. The van der Waals surface area contributed by atoms with Crippen LogP contribution in [0.5, 0.6) is 11.5 Å². The summed E-state index contributed by atoms with van der Waals surface area (Å²) < 4.78 is 6.57. The van der Waals surface area contributed by atoms with Crippen LogP contribution in [-0.2, 0) is 5.41 Å². The Kier molecular flexibility index (Phi) is 6.14. The van der Waals surface area contributed by atoms with Crippen molar-refractivity contribution in [1.29, 1.82) is 5.41 Å². The molecule has 8 rings (SSSR count). The van der Waals surface area contributed by atoms with Crippen LogP contribution >= 0.6 is 0 Å². The van der Waals surface area contributed by atoms with E-state index in [9.17, 15) is 0 Å². The molecular formula is C41H30N2O. The molecule has 1 aliphatic heterocycles. The molecule has 0 radical (unpaired) electrons. The summed E-state index contributed by atoms with van der Waals surface area (Å²) in [6.07, 6.45) is 3.67. The maximum atomic E-state index is 8.64. The number of ether oxygens (including phenoxy) is 1. The van der Waals surface area contributed by atoms with Crippen molar-refractivity contribution in [2.45, 2.75) is 11.5 Å². The van der Waals surface area contributed by atoms with Crippen molar-refractivity contribution in [2.24, 2.45) is 5.73 Å². The normalized spacial score (nSPS) is 14.3. The van der Waals surface area contributed by atoms with E-state index in [2.05, 4.69) is 97.1 Å². The van der Waals surface area contributed by atoms with Crippen LogP contribution in [0.1, 0.15) is 39.4 Å². The van der Waals surface area contributed by atoms with E-state index in [4.69, 9.17) is 15.9 Å². The molecule has 0 fully saturated rings. The fourth-order valence-electron chi connectivity index (χ4n) is 6.96. The lowest BCUT2D eigenvalue weighted by Crippen LogP contribution is -2.32. The Morgan fingerprint density at radius 3 is 1.86 bits per heavy atom. The van der Waals surface area contributed by atoms with Gasteiger partial charge in [-0.1, -0.05) is 133 Å². The van der Waals surface area contributed by atoms with E-state index in [1.807, 2.05) is 54.6 Å². The molecule has 0 saturated carbocycles. The first-order valence-corrected chi connectivity index (χ1v) is 14.9. The highest BCUT2D eigenvalue weighted by Crippen LogP contribution is 2.62. The summed E-state index contributed by atoms with van der Waals surface area (Å²) >= 11 is 0. The van der Waals surface area contributed by atoms with Gasteiger partial charge in [-0.05, 0) is 68.8 Å². The predicted octanol–water partition coefficient (Wildman–Crippen LogP) is 9.45. The van der Waals surface area contributed by atoms with Gasteiger partial charge in [0.05, 0.1) is 11.1 Å². The molecule has 1 heterocycles. The van der Waals surface area contributed by atoms with Gasteiger partial charge in [0, 0.05) is 17.2 Å². The summed E-state index contributed by atoms with van der Waals surface area (Å²) in [7, 11) is 0. The fourth-order valence-corrected chi connectivity index (χ4v) is 6.96. The number of nitrogens with one attached hydrogen (secondary N) is 1. The number of allylic oxidation sites excluding steroid dienone is 1. The van der Waals surface area contributed by atoms with Crippen molar-refractivity contribution in [2.75, 3.05) is 0 Å². The van der Waals surface area contributed by atoms with Gasteiger partial charge in [0.1, 0.15) is 11.5 Å². The first-order chi connectivity index (χ1) is 21.6. The fraction of sp³-hybridized carbons (Fsp3) is 0.0488. The molecule has 3 nitrogen and oxygen atoms in total. The van der Waals surface area contributed by atoms with Crippen molar-refractivity contribution in [3.63, 3.8) is 0 Å². The van der Waals surface area contributed by atoms with Gasteiger partial charge in [-0.25, -0.2) is 0 Å². The van der Waals surface area contributed by atoms with Crippen molar-refractivity contribution < 1.29 is 4.74 Å². The number of nitrogens with two attached hydrogens (primary N) is 1. The van der Waals surface area contributed by atoms with E-state index in [0.717, 1.165) is 44.9 Å². The molecule has 3 N–H and O–H groups in total. The molecule has 6 aromatic carbocycles. The molecule has 0 saturated heterocycles. The summed E-state index contributed by atoms with van der Waals surface area (Å²) in [4.78, 5) is 0. The van der Waals surface area contributed by atoms with E-state index in [1.165, 1.54) is 22.3 Å². The van der Waals surface area contributed by atoms with Gasteiger partial charge in [0.2, 0.25) is 0 Å². The molecule has 1 aliphatic carbocycles. The van der Waals surface area contributed by atoms with Crippen LogP contribution in [0.3, 0.4) is 0 Å². The lowest BCUT2D eigenvalue weighted by Gasteiger charge is -2.39. The average molecular weight is 567 g/mol. The van der Waals surface area contributed by atoms with Crippen molar-refractivity contribution in [3.8, 4) is 33.8 Å². The van der Waals surface area contributed by atoms with Crippen molar-refractivity contribution in [3.05, 3.63) is 191 Å². The summed E-state index contributed by atoms with van der Waals surface area (Å²) in [6.45, 7) is 0. The second kappa shape index (κ2) is 10.3. The van der Waals surface area contributed by atoms with Crippen LogP contribution in [0.25, 0.3) is 22.3 Å². The lowest BCUT2D eigenvalue weighted by atomic mass is 9.66. The Morgan fingerprint density at radius 1 is 0.591 bits per heavy atom. The quantitative estimate of drug-likeness (QED) is 0.204. The van der Waals surface area contributed by atoms with Gasteiger partial charge in [0.25, 0.3) is 0 Å².